The van der Waals surface area contributed by atoms with Crippen molar-refractivity contribution in [1.82, 2.24) is 5.48 Å². The summed E-state index contributed by atoms with van der Waals surface area (Å²) in [6.07, 6.45) is 0. The van der Waals surface area contributed by atoms with Gasteiger partial charge in [0, 0.05) is 12.1 Å². The first-order valence-corrected chi connectivity index (χ1v) is 5.48. The summed E-state index contributed by atoms with van der Waals surface area (Å²) in [6, 6.07) is 16.5. The van der Waals surface area contributed by atoms with Crippen LogP contribution in [0.4, 0.5) is 4.39 Å². The molecule has 2 nitrogen and oxygen atoms in total. The fourth-order valence-corrected chi connectivity index (χ4v) is 1.48. The summed E-state index contributed by atoms with van der Waals surface area (Å²) in [5.74, 6) is -0.219. The van der Waals surface area contributed by atoms with Crippen molar-refractivity contribution in [3.8, 4) is 0 Å². The van der Waals surface area contributed by atoms with Gasteiger partial charge in [-0.2, -0.15) is 5.48 Å². The molecule has 1 N–H and O–H groups in total. The topological polar surface area (TPSA) is 21.3 Å². The quantitative estimate of drug-likeness (QED) is 0.630. The van der Waals surface area contributed by atoms with E-state index in [1.165, 1.54) is 6.07 Å². The Hall–Kier alpha value is -1.71. The smallest absolute Gasteiger partial charge is 0.127 e. The molecular weight excluding hydrogens is 217 g/mol. The SMILES string of the molecule is Fc1ccccc1CNOCc1ccccc1. The molecule has 0 saturated heterocycles. The van der Waals surface area contributed by atoms with E-state index in [1.54, 1.807) is 18.2 Å². The summed E-state index contributed by atoms with van der Waals surface area (Å²) in [7, 11) is 0. The van der Waals surface area contributed by atoms with Crippen molar-refractivity contribution in [3.63, 3.8) is 0 Å². The van der Waals surface area contributed by atoms with E-state index in [-0.39, 0.29) is 5.82 Å². The van der Waals surface area contributed by atoms with Crippen LogP contribution >= 0.6 is 0 Å². The molecule has 0 saturated carbocycles. The molecule has 3 heteroatoms. The Balaban J connectivity index is 1.76. The predicted octanol–water partition coefficient (Wildman–Crippen LogP) is 3.05. The minimum absolute atomic E-state index is 0.219. The van der Waals surface area contributed by atoms with Crippen LogP contribution in [0.1, 0.15) is 11.1 Å². The largest absolute Gasteiger partial charge is 0.297 e. The minimum Gasteiger partial charge on any atom is -0.297 e. The van der Waals surface area contributed by atoms with Gasteiger partial charge < -0.3 is 0 Å². The highest BCUT2D eigenvalue weighted by atomic mass is 19.1. The van der Waals surface area contributed by atoms with Crippen LogP contribution in [0.3, 0.4) is 0 Å². The van der Waals surface area contributed by atoms with Gasteiger partial charge in [-0.05, 0) is 11.6 Å². The third-order valence-electron chi connectivity index (χ3n) is 2.40. The zero-order chi connectivity index (χ0) is 11.9. The molecule has 0 bridgehead atoms. The number of nitrogens with one attached hydrogen (secondary N) is 1. The van der Waals surface area contributed by atoms with Crippen molar-refractivity contribution in [3.05, 3.63) is 71.5 Å². The van der Waals surface area contributed by atoms with Crippen molar-refractivity contribution in [1.29, 1.82) is 0 Å². The van der Waals surface area contributed by atoms with Gasteiger partial charge in [-0.3, -0.25) is 4.84 Å². The van der Waals surface area contributed by atoms with E-state index in [0.717, 1.165) is 5.56 Å². The summed E-state index contributed by atoms with van der Waals surface area (Å²) in [5, 5.41) is 0. The van der Waals surface area contributed by atoms with Gasteiger partial charge in [-0.1, -0.05) is 48.5 Å². The van der Waals surface area contributed by atoms with Crippen LogP contribution in [0, 0.1) is 5.82 Å². The van der Waals surface area contributed by atoms with Crippen LogP contribution < -0.4 is 5.48 Å². The molecule has 2 aromatic carbocycles. The van der Waals surface area contributed by atoms with Gasteiger partial charge in [-0.25, -0.2) is 4.39 Å². The molecule has 2 rings (SSSR count). The summed E-state index contributed by atoms with van der Waals surface area (Å²) in [6.45, 7) is 0.828. The van der Waals surface area contributed by atoms with Gasteiger partial charge >= 0.3 is 0 Å². The predicted molar refractivity (Wildman–Crippen MR) is 64.5 cm³/mol. The summed E-state index contributed by atoms with van der Waals surface area (Å²) in [5.41, 5.74) is 4.43. The Bertz CT molecular complexity index is 459. The van der Waals surface area contributed by atoms with E-state index in [2.05, 4.69) is 5.48 Å². The molecule has 0 heterocycles. The molecule has 0 aliphatic carbocycles. The highest BCUT2D eigenvalue weighted by Gasteiger charge is 1.99. The standard InChI is InChI=1S/C14H14FNO/c15-14-9-5-4-8-13(14)10-16-17-11-12-6-2-1-3-7-12/h1-9,16H,10-11H2. The second-order valence-corrected chi connectivity index (χ2v) is 3.69. The van der Waals surface area contributed by atoms with Gasteiger partial charge in [0.2, 0.25) is 0 Å². The summed E-state index contributed by atoms with van der Waals surface area (Å²) < 4.78 is 13.2. The van der Waals surface area contributed by atoms with Gasteiger partial charge in [-0.15, -0.1) is 0 Å². The number of benzene rings is 2. The maximum absolute atomic E-state index is 13.2. The van der Waals surface area contributed by atoms with Crippen LogP contribution in [0.5, 0.6) is 0 Å². The minimum atomic E-state index is -0.219. The average molecular weight is 231 g/mol. The van der Waals surface area contributed by atoms with E-state index < -0.39 is 0 Å². The first-order valence-electron chi connectivity index (χ1n) is 5.48. The maximum atomic E-state index is 13.2. The third kappa shape index (κ3) is 3.66. The number of hydroxylamine groups is 1. The van der Waals surface area contributed by atoms with Crippen molar-refractivity contribution in [2.45, 2.75) is 13.2 Å². The monoisotopic (exact) mass is 231 g/mol. The third-order valence-corrected chi connectivity index (χ3v) is 2.40. The lowest BCUT2D eigenvalue weighted by molar-refractivity contribution is 0.0230. The lowest BCUT2D eigenvalue weighted by Crippen LogP contribution is -2.14. The second-order valence-electron chi connectivity index (χ2n) is 3.69. The van der Waals surface area contributed by atoms with E-state index in [1.807, 2.05) is 30.3 Å². The molecule has 0 fully saturated rings. The van der Waals surface area contributed by atoms with Gasteiger partial charge in [0.15, 0.2) is 0 Å². The number of halogens is 1. The zero-order valence-electron chi connectivity index (χ0n) is 9.40. The Kier molecular flexibility index (Phi) is 4.24. The maximum Gasteiger partial charge on any atom is 0.127 e. The van der Waals surface area contributed by atoms with Crippen LogP contribution in [-0.4, -0.2) is 0 Å². The summed E-state index contributed by atoms with van der Waals surface area (Å²) in [4.78, 5) is 5.26. The lowest BCUT2D eigenvalue weighted by Gasteiger charge is -2.06. The number of rotatable bonds is 5. The van der Waals surface area contributed by atoms with Crippen LogP contribution in [0.15, 0.2) is 54.6 Å². The molecule has 0 spiro atoms. The molecule has 0 amide bonds. The molecule has 0 atom stereocenters. The molecule has 2 aromatic rings. The zero-order valence-corrected chi connectivity index (χ0v) is 9.40. The highest BCUT2D eigenvalue weighted by Crippen LogP contribution is 2.06. The highest BCUT2D eigenvalue weighted by molar-refractivity contribution is 5.16. The van der Waals surface area contributed by atoms with Crippen molar-refractivity contribution < 1.29 is 9.23 Å². The van der Waals surface area contributed by atoms with Gasteiger partial charge in [0.25, 0.3) is 0 Å². The molecular formula is C14H14FNO. The molecule has 0 unspecified atom stereocenters. The Morgan fingerprint density at radius 3 is 2.41 bits per heavy atom. The normalized spacial score (nSPS) is 10.4. The second kappa shape index (κ2) is 6.13. The Morgan fingerprint density at radius 2 is 1.65 bits per heavy atom. The lowest BCUT2D eigenvalue weighted by atomic mass is 10.2. The Morgan fingerprint density at radius 1 is 0.941 bits per heavy atom. The van der Waals surface area contributed by atoms with Crippen LogP contribution in [-0.2, 0) is 18.0 Å². The van der Waals surface area contributed by atoms with Crippen molar-refractivity contribution in [2.75, 3.05) is 0 Å². The molecule has 17 heavy (non-hydrogen) atoms. The molecule has 0 radical (unpaired) electrons. The van der Waals surface area contributed by atoms with E-state index in [9.17, 15) is 4.39 Å². The molecule has 88 valence electrons. The summed E-state index contributed by atoms with van der Waals surface area (Å²) >= 11 is 0. The number of hydrogen-bond acceptors (Lipinski definition) is 2. The van der Waals surface area contributed by atoms with Crippen molar-refractivity contribution in [2.24, 2.45) is 0 Å². The van der Waals surface area contributed by atoms with E-state index >= 15 is 0 Å². The molecule has 0 aromatic heterocycles. The van der Waals surface area contributed by atoms with Gasteiger partial charge in [0.1, 0.15) is 5.82 Å². The van der Waals surface area contributed by atoms with Gasteiger partial charge in [0.05, 0.1) is 6.61 Å². The fraction of sp³-hybridized carbons (Fsp3) is 0.143. The first-order chi connectivity index (χ1) is 8.36. The molecule has 0 aliphatic rings. The van der Waals surface area contributed by atoms with Crippen molar-refractivity contribution >= 4 is 0 Å². The Labute approximate surface area is 100 Å². The van der Waals surface area contributed by atoms with E-state index in [4.69, 9.17) is 4.84 Å². The average Bonchev–Trinajstić information content (AvgIpc) is 2.38. The number of hydrogen-bond donors (Lipinski definition) is 1. The molecule has 0 aliphatic heterocycles. The first kappa shape index (κ1) is 11.8. The fourth-order valence-electron chi connectivity index (χ4n) is 1.48. The van der Waals surface area contributed by atoms with Crippen LogP contribution in [0.25, 0.3) is 0 Å². The van der Waals surface area contributed by atoms with Crippen LogP contribution in [0.2, 0.25) is 0 Å². The van der Waals surface area contributed by atoms with E-state index in [0.29, 0.717) is 18.7 Å².